The van der Waals surface area contributed by atoms with Crippen molar-refractivity contribution in [2.45, 2.75) is 12.3 Å². The molecule has 0 saturated heterocycles. The predicted molar refractivity (Wildman–Crippen MR) is 95.8 cm³/mol. The Balaban J connectivity index is 2.02. The minimum absolute atomic E-state index is 0.0587. The Labute approximate surface area is 159 Å². The van der Waals surface area contributed by atoms with Gasteiger partial charge in [-0.2, -0.15) is 13.2 Å². The van der Waals surface area contributed by atoms with Crippen LogP contribution < -0.4 is 15.4 Å². The molecule has 0 aromatic heterocycles. The summed E-state index contributed by atoms with van der Waals surface area (Å²) in [4.78, 5) is 24.0. The van der Waals surface area contributed by atoms with Crippen molar-refractivity contribution in [1.82, 2.24) is 5.32 Å². The second-order valence-electron chi connectivity index (χ2n) is 5.71. The second kappa shape index (κ2) is 9.23. The molecule has 2 aromatic carbocycles. The molecule has 2 N–H and O–H groups in total. The molecule has 9 heteroatoms. The average Bonchev–Trinajstić information content (AvgIpc) is 2.68. The molecule has 28 heavy (non-hydrogen) atoms. The first kappa shape index (κ1) is 21.2. The molecule has 0 aliphatic heterocycles. The monoisotopic (exact) mass is 396 g/mol. The van der Waals surface area contributed by atoms with E-state index in [0.29, 0.717) is 11.3 Å². The summed E-state index contributed by atoms with van der Waals surface area (Å²) in [6.45, 7) is -0.0587. The highest BCUT2D eigenvalue weighted by Crippen LogP contribution is 2.34. The topological polar surface area (TPSA) is 76.7 Å². The Morgan fingerprint density at radius 2 is 1.75 bits per heavy atom. The third-order valence-corrected chi connectivity index (χ3v) is 3.89. The van der Waals surface area contributed by atoms with Crippen molar-refractivity contribution < 1.29 is 32.2 Å². The van der Waals surface area contributed by atoms with Crippen LogP contribution in [0.3, 0.4) is 0 Å². The van der Waals surface area contributed by atoms with Crippen molar-refractivity contribution in [3.05, 3.63) is 59.7 Å². The summed E-state index contributed by atoms with van der Waals surface area (Å²) in [5.41, 5.74) is -0.835. The van der Waals surface area contributed by atoms with E-state index in [9.17, 15) is 22.8 Å². The molecule has 0 heterocycles. The summed E-state index contributed by atoms with van der Waals surface area (Å²) in [5.74, 6) is -1.70. The van der Waals surface area contributed by atoms with Crippen LogP contribution in [-0.2, 0) is 20.5 Å². The Morgan fingerprint density at radius 1 is 1.04 bits per heavy atom. The molecule has 0 spiro atoms. The van der Waals surface area contributed by atoms with E-state index in [1.807, 2.05) is 5.32 Å². The number of hydrogen-bond acceptors (Lipinski definition) is 4. The van der Waals surface area contributed by atoms with Gasteiger partial charge in [0.05, 0.1) is 24.5 Å². The maximum Gasteiger partial charge on any atom is 0.418 e. The van der Waals surface area contributed by atoms with Crippen molar-refractivity contribution in [2.24, 2.45) is 0 Å². The number of benzene rings is 2. The number of anilines is 1. The van der Waals surface area contributed by atoms with Crippen LogP contribution in [0.4, 0.5) is 18.9 Å². The van der Waals surface area contributed by atoms with Crippen LogP contribution in [0.1, 0.15) is 17.2 Å². The van der Waals surface area contributed by atoms with E-state index in [1.54, 1.807) is 24.3 Å². The normalized spacial score (nSPS) is 12.2. The molecule has 0 aliphatic carbocycles. The number of alkyl halides is 3. The van der Waals surface area contributed by atoms with Crippen molar-refractivity contribution in [3.8, 4) is 5.75 Å². The number of rotatable bonds is 6. The summed E-state index contributed by atoms with van der Waals surface area (Å²) in [7, 11) is 2.93. The van der Waals surface area contributed by atoms with E-state index in [4.69, 9.17) is 9.47 Å². The summed E-state index contributed by atoms with van der Waals surface area (Å²) in [6.07, 6.45) is -5.23. The highest BCUT2D eigenvalue weighted by atomic mass is 19.4. The maximum absolute atomic E-state index is 13.0. The van der Waals surface area contributed by atoms with E-state index in [-0.39, 0.29) is 6.54 Å². The van der Waals surface area contributed by atoms with Crippen LogP contribution in [0.5, 0.6) is 5.75 Å². The number of para-hydroxylation sites is 1. The van der Waals surface area contributed by atoms with Gasteiger partial charge in [-0.15, -0.1) is 0 Å². The fourth-order valence-electron chi connectivity index (χ4n) is 2.46. The Hall–Kier alpha value is -3.07. The fraction of sp³-hybridized carbons (Fsp3) is 0.263. The number of amides is 2. The second-order valence-corrected chi connectivity index (χ2v) is 5.71. The predicted octanol–water partition coefficient (Wildman–Crippen LogP) is 3.16. The number of carbonyl (C=O) groups excluding carboxylic acids is 2. The van der Waals surface area contributed by atoms with E-state index in [1.165, 1.54) is 26.4 Å². The molecule has 0 radical (unpaired) electrons. The lowest BCUT2D eigenvalue weighted by atomic mass is 10.1. The van der Waals surface area contributed by atoms with Gasteiger partial charge in [0.15, 0.2) is 0 Å². The first-order valence-electron chi connectivity index (χ1n) is 8.18. The number of nitrogens with one attached hydrogen (secondary N) is 2. The first-order chi connectivity index (χ1) is 13.3. The van der Waals surface area contributed by atoms with Crippen molar-refractivity contribution in [2.75, 3.05) is 26.1 Å². The number of hydrogen-bond donors (Lipinski definition) is 2. The van der Waals surface area contributed by atoms with Gasteiger partial charge in [-0.3, -0.25) is 9.59 Å². The van der Waals surface area contributed by atoms with E-state index in [0.717, 1.165) is 12.1 Å². The van der Waals surface area contributed by atoms with Gasteiger partial charge >= 0.3 is 18.0 Å². The molecule has 0 saturated carbocycles. The zero-order chi connectivity index (χ0) is 20.7. The van der Waals surface area contributed by atoms with E-state index >= 15 is 0 Å². The molecule has 2 rings (SSSR count). The van der Waals surface area contributed by atoms with Crippen molar-refractivity contribution in [1.29, 1.82) is 0 Å². The van der Waals surface area contributed by atoms with Crippen LogP contribution in [0.15, 0.2) is 48.5 Å². The minimum Gasteiger partial charge on any atom is -0.497 e. The molecule has 6 nitrogen and oxygen atoms in total. The smallest absolute Gasteiger partial charge is 0.418 e. The lowest BCUT2D eigenvalue weighted by Crippen LogP contribution is -2.38. The van der Waals surface area contributed by atoms with Crippen LogP contribution >= 0.6 is 0 Å². The molecular formula is C19H19F3N2O4. The van der Waals surface area contributed by atoms with Crippen LogP contribution in [0.2, 0.25) is 0 Å². The highest BCUT2D eigenvalue weighted by Gasteiger charge is 2.34. The Kier molecular flexibility index (Phi) is 7.00. The fourth-order valence-corrected chi connectivity index (χ4v) is 2.46. The van der Waals surface area contributed by atoms with Crippen LogP contribution in [-0.4, -0.2) is 32.6 Å². The summed E-state index contributed by atoms with van der Waals surface area (Å²) >= 11 is 0. The molecule has 1 unspecified atom stereocenters. The molecule has 0 fully saturated rings. The zero-order valence-electron chi connectivity index (χ0n) is 15.2. The van der Waals surface area contributed by atoms with E-state index < -0.39 is 35.3 Å². The molecular weight excluding hydrogens is 377 g/mol. The highest BCUT2D eigenvalue weighted by molar-refractivity contribution is 6.39. The van der Waals surface area contributed by atoms with Gasteiger partial charge in [0.1, 0.15) is 5.75 Å². The zero-order valence-corrected chi connectivity index (χ0v) is 15.2. The summed E-state index contributed by atoms with van der Waals surface area (Å²) in [6, 6.07) is 11.3. The molecule has 2 aromatic rings. The Bertz CT molecular complexity index is 840. The van der Waals surface area contributed by atoms with Gasteiger partial charge in [-0.1, -0.05) is 24.3 Å². The van der Waals surface area contributed by atoms with Gasteiger partial charge in [0, 0.05) is 13.7 Å². The lowest BCUT2D eigenvalue weighted by molar-refractivity contribution is -0.138. The van der Waals surface area contributed by atoms with Gasteiger partial charge in [0.2, 0.25) is 0 Å². The van der Waals surface area contributed by atoms with Crippen LogP contribution in [0, 0.1) is 0 Å². The molecule has 1 atom stereocenters. The maximum atomic E-state index is 13.0. The van der Waals surface area contributed by atoms with E-state index in [2.05, 4.69) is 5.32 Å². The third kappa shape index (κ3) is 5.46. The van der Waals surface area contributed by atoms with Gasteiger partial charge in [0.25, 0.3) is 0 Å². The van der Waals surface area contributed by atoms with Crippen molar-refractivity contribution in [3.63, 3.8) is 0 Å². The third-order valence-electron chi connectivity index (χ3n) is 3.89. The summed E-state index contributed by atoms with van der Waals surface area (Å²) in [5, 5.41) is 4.33. The lowest BCUT2D eigenvalue weighted by Gasteiger charge is -2.17. The average molecular weight is 396 g/mol. The quantitative estimate of drug-likeness (QED) is 0.736. The number of carbonyl (C=O) groups is 2. The van der Waals surface area contributed by atoms with Gasteiger partial charge in [-0.25, -0.2) is 0 Å². The first-order valence-corrected chi connectivity index (χ1v) is 8.18. The summed E-state index contributed by atoms with van der Waals surface area (Å²) < 4.78 is 49.3. The van der Waals surface area contributed by atoms with Gasteiger partial charge in [-0.05, 0) is 29.8 Å². The molecule has 0 bridgehead atoms. The van der Waals surface area contributed by atoms with Crippen LogP contribution in [0.25, 0.3) is 0 Å². The minimum atomic E-state index is -4.66. The standard InChI is InChI=1S/C19H19F3N2O4/c1-27-13-7-5-6-12(10-13)16(28-2)11-23-17(25)18(26)24-15-9-4-3-8-14(15)19(20,21)22/h3-10,16H,11H2,1-2H3,(H,23,25)(H,24,26). The Morgan fingerprint density at radius 3 is 2.39 bits per heavy atom. The molecule has 150 valence electrons. The molecule has 0 aliphatic rings. The largest absolute Gasteiger partial charge is 0.497 e. The number of halogens is 3. The van der Waals surface area contributed by atoms with Crippen molar-refractivity contribution >= 4 is 17.5 Å². The molecule has 2 amide bonds. The number of methoxy groups -OCH3 is 2. The SMILES string of the molecule is COc1cccc(C(CNC(=O)C(=O)Nc2ccccc2C(F)(F)F)OC)c1. The number of ether oxygens (including phenoxy) is 2. The van der Waals surface area contributed by atoms with Gasteiger partial charge < -0.3 is 20.1 Å².